The summed E-state index contributed by atoms with van der Waals surface area (Å²) in [6.07, 6.45) is 4.46. The highest BCUT2D eigenvalue weighted by atomic mass is 16.5. The third kappa shape index (κ3) is 4.96. The van der Waals surface area contributed by atoms with Gasteiger partial charge in [-0.2, -0.15) is 0 Å². The van der Waals surface area contributed by atoms with E-state index in [1.165, 1.54) is 0 Å². The third-order valence-corrected chi connectivity index (χ3v) is 4.09. The van der Waals surface area contributed by atoms with Crippen LogP contribution in [0.5, 0.6) is 5.75 Å². The first-order valence-corrected chi connectivity index (χ1v) is 8.79. The Bertz CT molecular complexity index is 799. The number of aromatic nitrogens is 2. The van der Waals surface area contributed by atoms with Gasteiger partial charge < -0.3 is 15.0 Å². The van der Waals surface area contributed by atoms with Gasteiger partial charge in [-0.3, -0.25) is 4.79 Å². The number of ether oxygens (including phenoxy) is 1. The molecule has 0 fully saturated rings. The fraction of sp³-hybridized carbons (Fsp3) is 0.238. The summed E-state index contributed by atoms with van der Waals surface area (Å²) >= 11 is 0. The summed E-state index contributed by atoms with van der Waals surface area (Å²) in [6.45, 7) is 2.58. The van der Waals surface area contributed by atoms with E-state index in [1.807, 2.05) is 61.5 Å². The van der Waals surface area contributed by atoms with Crippen LogP contribution in [0.15, 0.2) is 67.0 Å². The number of hydrogen-bond donors (Lipinski definition) is 2. The minimum Gasteiger partial charge on any atom is -0.494 e. The van der Waals surface area contributed by atoms with Crippen molar-refractivity contribution in [2.24, 2.45) is 0 Å². The lowest BCUT2D eigenvalue weighted by molar-refractivity contribution is -0.121. The van der Waals surface area contributed by atoms with Crippen LogP contribution in [-0.4, -0.2) is 22.5 Å². The fourth-order valence-electron chi connectivity index (χ4n) is 2.84. The Hall–Kier alpha value is -3.08. The van der Waals surface area contributed by atoms with Gasteiger partial charge in [0, 0.05) is 18.8 Å². The topological polar surface area (TPSA) is 67.0 Å². The molecule has 0 aliphatic heterocycles. The lowest BCUT2D eigenvalue weighted by Gasteiger charge is -2.18. The Morgan fingerprint density at radius 1 is 1.15 bits per heavy atom. The van der Waals surface area contributed by atoms with Crippen molar-refractivity contribution < 1.29 is 9.53 Å². The monoisotopic (exact) mass is 349 g/mol. The SMILES string of the molecule is CCOc1ccc(CC(=O)N[C@@H](Cc2ncc[nH]2)c2ccccc2)cc1. The Kier molecular flexibility index (Phi) is 6.04. The number of hydrogen-bond acceptors (Lipinski definition) is 3. The van der Waals surface area contributed by atoms with Crippen LogP contribution < -0.4 is 10.1 Å². The Morgan fingerprint density at radius 3 is 2.58 bits per heavy atom. The van der Waals surface area contributed by atoms with Crippen LogP contribution in [0.4, 0.5) is 0 Å². The van der Waals surface area contributed by atoms with Gasteiger partial charge in [-0.15, -0.1) is 0 Å². The van der Waals surface area contributed by atoms with Gasteiger partial charge in [0.05, 0.1) is 19.1 Å². The van der Waals surface area contributed by atoms with E-state index in [4.69, 9.17) is 4.74 Å². The predicted octanol–water partition coefficient (Wildman–Crippen LogP) is 3.45. The number of nitrogens with one attached hydrogen (secondary N) is 2. The van der Waals surface area contributed by atoms with Gasteiger partial charge >= 0.3 is 0 Å². The van der Waals surface area contributed by atoms with Crippen molar-refractivity contribution in [1.29, 1.82) is 0 Å². The second kappa shape index (κ2) is 8.85. The number of carbonyl (C=O) groups excluding carboxylic acids is 1. The molecule has 3 aromatic rings. The van der Waals surface area contributed by atoms with Gasteiger partial charge in [-0.1, -0.05) is 42.5 Å². The zero-order valence-electron chi connectivity index (χ0n) is 14.8. The summed E-state index contributed by atoms with van der Waals surface area (Å²) < 4.78 is 5.44. The quantitative estimate of drug-likeness (QED) is 0.654. The second-order valence-electron chi connectivity index (χ2n) is 6.02. The predicted molar refractivity (Wildman–Crippen MR) is 101 cm³/mol. The number of imidazole rings is 1. The molecular formula is C21H23N3O2. The summed E-state index contributed by atoms with van der Waals surface area (Å²) in [5.74, 6) is 1.64. The first-order valence-electron chi connectivity index (χ1n) is 8.79. The van der Waals surface area contributed by atoms with Crippen LogP contribution in [0.3, 0.4) is 0 Å². The fourth-order valence-corrected chi connectivity index (χ4v) is 2.84. The second-order valence-corrected chi connectivity index (χ2v) is 6.02. The minimum absolute atomic E-state index is 0.0189. The Morgan fingerprint density at radius 2 is 1.92 bits per heavy atom. The van der Waals surface area contributed by atoms with Crippen molar-refractivity contribution in [3.8, 4) is 5.75 Å². The van der Waals surface area contributed by atoms with Crippen molar-refractivity contribution >= 4 is 5.91 Å². The number of carbonyl (C=O) groups is 1. The van der Waals surface area contributed by atoms with Crippen LogP contribution in [0.25, 0.3) is 0 Å². The van der Waals surface area contributed by atoms with E-state index in [9.17, 15) is 4.79 Å². The summed E-state index contributed by atoms with van der Waals surface area (Å²) in [5, 5.41) is 3.13. The average molecular weight is 349 g/mol. The molecule has 2 aromatic carbocycles. The lowest BCUT2D eigenvalue weighted by Crippen LogP contribution is -2.31. The molecule has 134 valence electrons. The first kappa shape index (κ1) is 17.7. The molecule has 0 spiro atoms. The molecule has 5 nitrogen and oxygen atoms in total. The van der Waals surface area contributed by atoms with E-state index >= 15 is 0 Å². The van der Waals surface area contributed by atoms with Gasteiger partial charge in [-0.05, 0) is 30.2 Å². The molecule has 1 aromatic heterocycles. The molecule has 3 rings (SSSR count). The van der Waals surface area contributed by atoms with E-state index < -0.39 is 0 Å². The minimum atomic E-state index is -0.127. The van der Waals surface area contributed by atoms with Crippen molar-refractivity contribution in [3.63, 3.8) is 0 Å². The standard InChI is InChI=1S/C21H23N3O2/c1-2-26-18-10-8-16(9-11-18)14-21(25)24-19(15-20-22-12-13-23-20)17-6-4-3-5-7-17/h3-13,19H,2,14-15H2,1H3,(H,22,23)(H,24,25)/t19-/m0/s1. The maximum atomic E-state index is 12.6. The highest BCUT2D eigenvalue weighted by molar-refractivity contribution is 5.79. The molecule has 0 radical (unpaired) electrons. The van der Waals surface area contributed by atoms with Crippen LogP contribution in [-0.2, 0) is 17.6 Å². The molecule has 0 aliphatic rings. The molecule has 1 amide bonds. The maximum Gasteiger partial charge on any atom is 0.224 e. The van der Waals surface area contributed by atoms with E-state index in [-0.39, 0.29) is 11.9 Å². The molecule has 0 aliphatic carbocycles. The number of benzene rings is 2. The molecule has 0 saturated heterocycles. The van der Waals surface area contributed by atoms with Gasteiger partial charge in [0.1, 0.15) is 11.6 Å². The molecule has 1 heterocycles. The third-order valence-electron chi connectivity index (χ3n) is 4.09. The number of amides is 1. The number of aromatic amines is 1. The first-order chi connectivity index (χ1) is 12.7. The molecule has 5 heteroatoms. The van der Waals surface area contributed by atoms with Crippen molar-refractivity contribution in [2.75, 3.05) is 6.61 Å². The molecular weight excluding hydrogens is 326 g/mol. The molecule has 1 atom stereocenters. The number of rotatable bonds is 8. The highest BCUT2D eigenvalue weighted by Crippen LogP contribution is 2.18. The van der Waals surface area contributed by atoms with Gasteiger partial charge in [-0.25, -0.2) is 4.98 Å². The lowest BCUT2D eigenvalue weighted by atomic mass is 10.0. The summed E-state index contributed by atoms with van der Waals surface area (Å²) in [6, 6.07) is 17.5. The smallest absolute Gasteiger partial charge is 0.224 e. The molecule has 26 heavy (non-hydrogen) atoms. The van der Waals surface area contributed by atoms with Gasteiger partial charge in [0.2, 0.25) is 5.91 Å². The number of H-pyrrole nitrogens is 1. The zero-order chi connectivity index (χ0) is 18.2. The molecule has 0 bridgehead atoms. The summed E-state index contributed by atoms with van der Waals surface area (Å²) in [7, 11) is 0. The zero-order valence-corrected chi connectivity index (χ0v) is 14.8. The van der Waals surface area contributed by atoms with Crippen molar-refractivity contribution in [3.05, 3.63) is 83.9 Å². The maximum absolute atomic E-state index is 12.6. The normalized spacial score (nSPS) is 11.7. The summed E-state index contributed by atoms with van der Waals surface area (Å²) in [5.41, 5.74) is 2.01. The highest BCUT2D eigenvalue weighted by Gasteiger charge is 2.16. The van der Waals surface area contributed by atoms with Gasteiger partial charge in [0.15, 0.2) is 0 Å². The molecule has 2 N–H and O–H groups in total. The van der Waals surface area contributed by atoms with E-state index in [0.29, 0.717) is 19.4 Å². The summed E-state index contributed by atoms with van der Waals surface area (Å²) in [4.78, 5) is 19.9. The van der Waals surface area contributed by atoms with Crippen LogP contribution in [0.1, 0.15) is 29.9 Å². The van der Waals surface area contributed by atoms with Crippen molar-refractivity contribution in [2.45, 2.75) is 25.8 Å². The van der Waals surface area contributed by atoms with E-state index in [1.54, 1.807) is 12.4 Å². The largest absolute Gasteiger partial charge is 0.494 e. The van der Waals surface area contributed by atoms with Crippen LogP contribution in [0.2, 0.25) is 0 Å². The molecule has 0 saturated carbocycles. The Labute approximate surface area is 153 Å². The van der Waals surface area contributed by atoms with Crippen LogP contribution in [0, 0.1) is 0 Å². The van der Waals surface area contributed by atoms with Crippen molar-refractivity contribution in [1.82, 2.24) is 15.3 Å². The number of nitrogens with zero attached hydrogens (tertiary/aromatic N) is 1. The van der Waals surface area contributed by atoms with Crippen LogP contribution >= 0.6 is 0 Å². The van der Waals surface area contributed by atoms with E-state index in [2.05, 4.69) is 15.3 Å². The van der Waals surface area contributed by atoms with E-state index in [0.717, 1.165) is 22.7 Å². The molecule has 0 unspecified atom stereocenters. The average Bonchev–Trinajstić information content (AvgIpc) is 3.17. The Balaban J connectivity index is 1.66. The van der Waals surface area contributed by atoms with Gasteiger partial charge in [0.25, 0.3) is 0 Å².